The Morgan fingerprint density at radius 3 is 2.43 bits per heavy atom. The summed E-state index contributed by atoms with van der Waals surface area (Å²) in [5.74, 6) is 0.606. The zero-order valence-electron chi connectivity index (χ0n) is 16.2. The van der Waals surface area contributed by atoms with E-state index in [9.17, 15) is 4.79 Å². The van der Waals surface area contributed by atoms with Crippen molar-refractivity contribution >= 4 is 11.7 Å². The monoisotopic (exact) mass is 374 g/mol. The van der Waals surface area contributed by atoms with Crippen molar-refractivity contribution in [1.82, 2.24) is 14.7 Å². The highest BCUT2D eigenvalue weighted by molar-refractivity contribution is 5.91. The molecule has 1 aliphatic rings. The van der Waals surface area contributed by atoms with Gasteiger partial charge in [0.1, 0.15) is 0 Å². The Hall–Kier alpha value is -3.08. The van der Waals surface area contributed by atoms with Crippen LogP contribution in [0.4, 0.5) is 10.5 Å². The molecule has 0 saturated heterocycles. The highest BCUT2D eigenvalue weighted by Gasteiger charge is 2.27. The number of carbonyl (C=O) groups excluding carboxylic acids is 1. The van der Waals surface area contributed by atoms with Gasteiger partial charge in [-0.2, -0.15) is 5.10 Å². The maximum absolute atomic E-state index is 12.9. The molecule has 5 nitrogen and oxygen atoms in total. The van der Waals surface area contributed by atoms with Gasteiger partial charge in [0.25, 0.3) is 0 Å². The molecule has 0 radical (unpaired) electrons. The summed E-state index contributed by atoms with van der Waals surface area (Å²) in [5, 5.41) is 7.34. The van der Waals surface area contributed by atoms with Gasteiger partial charge in [0.15, 0.2) is 0 Å². The minimum atomic E-state index is -0.0669. The Morgan fingerprint density at radius 1 is 1.00 bits per heavy atom. The van der Waals surface area contributed by atoms with Crippen molar-refractivity contribution < 1.29 is 4.79 Å². The van der Waals surface area contributed by atoms with Crippen molar-refractivity contribution in [3.63, 3.8) is 0 Å². The van der Waals surface area contributed by atoms with E-state index in [1.807, 2.05) is 48.5 Å². The predicted octanol–water partition coefficient (Wildman–Crippen LogP) is 5.06. The van der Waals surface area contributed by atoms with Gasteiger partial charge in [-0.3, -0.25) is 0 Å². The Balaban J connectivity index is 1.39. The van der Waals surface area contributed by atoms with E-state index >= 15 is 0 Å². The third-order valence-electron chi connectivity index (χ3n) is 5.73. The van der Waals surface area contributed by atoms with Crippen LogP contribution in [0, 0.1) is 0 Å². The van der Waals surface area contributed by atoms with Crippen LogP contribution >= 0.6 is 0 Å². The van der Waals surface area contributed by atoms with Crippen molar-refractivity contribution in [1.29, 1.82) is 0 Å². The molecule has 1 aliphatic carbocycles. The minimum Gasteiger partial charge on any atom is -0.325 e. The number of aromatic nitrogens is 2. The molecular weight excluding hydrogens is 348 g/mol. The van der Waals surface area contributed by atoms with E-state index in [0.717, 1.165) is 37.1 Å². The molecule has 0 aliphatic heterocycles. The maximum atomic E-state index is 12.9. The number of hydrogen-bond donors (Lipinski definition) is 1. The third-order valence-corrected chi connectivity index (χ3v) is 5.73. The van der Waals surface area contributed by atoms with E-state index < -0.39 is 0 Å². The first kappa shape index (κ1) is 18.3. The average Bonchev–Trinajstić information content (AvgIpc) is 3.29. The number of para-hydroxylation sites is 2. The van der Waals surface area contributed by atoms with E-state index in [-0.39, 0.29) is 12.1 Å². The van der Waals surface area contributed by atoms with E-state index in [1.54, 1.807) is 10.9 Å². The van der Waals surface area contributed by atoms with Crippen LogP contribution in [0.5, 0.6) is 0 Å². The van der Waals surface area contributed by atoms with Gasteiger partial charge >= 0.3 is 6.03 Å². The molecule has 5 heteroatoms. The summed E-state index contributed by atoms with van der Waals surface area (Å²) in [6, 6.07) is 20.5. The standard InChI is InChI=1S/C23H26N4O/c1-26(20-14-12-19(13-15-20)18-8-3-2-4-9-18)23(28)25-21-10-5-6-11-22(21)27-17-7-16-24-27/h2-11,16-17,19-20H,12-15H2,1H3,(H,25,28). The third kappa shape index (κ3) is 3.93. The number of rotatable bonds is 4. The highest BCUT2D eigenvalue weighted by atomic mass is 16.2. The number of carbonyl (C=O) groups is 1. The highest BCUT2D eigenvalue weighted by Crippen LogP contribution is 2.34. The zero-order valence-corrected chi connectivity index (χ0v) is 16.2. The number of amides is 2. The lowest BCUT2D eigenvalue weighted by Crippen LogP contribution is -2.41. The molecule has 3 aromatic rings. The summed E-state index contributed by atoms with van der Waals surface area (Å²) in [5.41, 5.74) is 3.05. The Bertz CT molecular complexity index is 899. The number of hydrogen-bond acceptors (Lipinski definition) is 2. The van der Waals surface area contributed by atoms with Gasteiger partial charge < -0.3 is 10.2 Å². The molecule has 0 atom stereocenters. The zero-order chi connectivity index (χ0) is 19.3. The molecular formula is C23H26N4O. The van der Waals surface area contributed by atoms with E-state index in [4.69, 9.17) is 0 Å². The molecule has 144 valence electrons. The van der Waals surface area contributed by atoms with Gasteiger partial charge in [0, 0.05) is 25.5 Å². The van der Waals surface area contributed by atoms with Crippen LogP contribution in [0.25, 0.3) is 5.69 Å². The molecule has 1 saturated carbocycles. The molecule has 2 amide bonds. The van der Waals surface area contributed by atoms with Gasteiger partial charge in [0.05, 0.1) is 11.4 Å². The second-order valence-electron chi connectivity index (χ2n) is 7.42. The van der Waals surface area contributed by atoms with Crippen molar-refractivity contribution in [2.45, 2.75) is 37.6 Å². The first-order chi connectivity index (χ1) is 13.7. The number of nitrogens with one attached hydrogen (secondary N) is 1. The van der Waals surface area contributed by atoms with Gasteiger partial charge in [-0.1, -0.05) is 42.5 Å². The molecule has 1 fully saturated rings. The van der Waals surface area contributed by atoms with E-state index in [1.165, 1.54) is 5.56 Å². The van der Waals surface area contributed by atoms with Crippen LogP contribution in [0.1, 0.15) is 37.2 Å². The van der Waals surface area contributed by atoms with E-state index in [0.29, 0.717) is 5.92 Å². The number of anilines is 1. The first-order valence-electron chi connectivity index (χ1n) is 9.90. The number of urea groups is 1. The van der Waals surface area contributed by atoms with Gasteiger partial charge in [-0.05, 0) is 55.4 Å². The normalized spacial score (nSPS) is 19.2. The smallest absolute Gasteiger partial charge is 0.321 e. The Labute approximate surface area is 166 Å². The summed E-state index contributed by atoms with van der Waals surface area (Å²) in [6.07, 6.45) is 7.91. The summed E-state index contributed by atoms with van der Waals surface area (Å²) < 4.78 is 1.76. The van der Waals surface area contributed by atoms with Crippen LogP contribution in [0.2, 0.25) is 0 Å². The molecule has 28 heavy (non-hydrogen) atoms. The maximum Gasteiger partial charge on any atom is 0.321 e. The fourth-order valence-corrected chi connectivity index (χ4v) is 4.08. The second-order valence-corrected chi connectivity index (χ2v) is 7.42. The molecule has 1 aromatic heterocycles. The second kappa shape index (κ2) is 8.30. The summed E-state index contributed by atoms with van der Waals surface area (Å²) >= 11 is 0. The Morgan fingerprint density at radius 2 is 1.71 bits per heavy atom. The van der Waals surface area contributed by atoms with Gasteiger partial charge in [-0.25, -0.2) is 9.48 Å². The lowest BCUT2D eigenvalue weighted by atomic mass is 9.81. The van der Waals surface area contributed by atoms with Crippen molar-refractivity contribution in [2.75, 3.05) is 12.4 Å². The van der Waals surface area contributed by atoms with Crippen molar-refractivity contribution in [3.05, 3.63) is 78.6 Å². The molecule has 4 rings (SSSR count). The quantitative estimate of drug-likeness (QED) is 0.694. The molecule has 0 unspecified atom stereocenters. The average molecular weight is 374 g/mol. The molecule has 2 aromatic carbocycles. The fourth-order valence-electron chi connectivity index (χ4n) is 4.08. The first-order valence-corrected chi connectivity index (χ1v) is 9.90. The summed E-state index contributed by atoms with van der Waals surface area (Å²) in [4.78, 5) is 14.7. The van der Waals surface area contributed by atoms with Gasteiger partial charge in [0.2, 0.25) is 0 Å². The summed E-state index contributed by atoms with van der Waals surface area (Å²) in [7, 11) is 1.90. The molecule has 1 N–H and O–H groups in total. The number of nitrogens with zero attached hydrogens (tertiary/aromatic N) is 3. The lowest BCUT2D eigenvalue weighted by Gasteiger charge is -2.35. The van der Waals surface area contributed by atoms with Crippen LogP contribution in [-0.2, 0) is 0 Å². The summed E-state index contributed by atoms with van der Waals surface area (Å²) in [6.45, 7) is 0. The predicted molar refractivity (Wildman–Crippen MR) is 112 cm³/mol. The Kier molecular flexibility index (Phi) is 5.42. The fraction of sp³-hybridized carbons (Fsp3) is 0.304. The van der Waals surface area contributed by atoms with Crippen LogP contribution < -0.4 is 5.32 Å². The largest absolute Gasteiger partial charge is 0.325 e. The molecule has 0 bridgehead atoms. The van der Waals surface area contributed by atoms with Crippen molar-refractivity contribution in [2.24, 2.45) is 0 Å². The SMILES string of the molecule is CN(C(=O)Nc1ccccc1-n1cccn1)C1CCC(c2ccccc2)CC1. The lowest BCUT2D eigenvalue weighted by molar-refractivity contribution is 0.181. The molecule has 1 heterocycles. The van der Waals surface area contributed by atoms with E-state index in [2.05, 4.69) is 40.7 Å². The van der Waals surface area contributed by atoms with Crippen molar-refractivity contribution in [3.8, 4) is 5.69 Å². The van der Waals surface area contributed by atoms with Crippen LogP contribution in [0.15, 0.2) is 73.1 Å². The molecule has 0 spiro atoms. The number of benzene rings is 2. The minimum absolute atomic E-state index is 0.0669. The topological polar surface area (TPSA) is 50.2 Å². The van der Waals surface area contributed by atoms with Gasteiger partial charge in [-0.15, -0.1) is 0 Å². The van der Waals surface area contributed by atoms with Crippen LogP contribution in [0.3, 0.4) is 0 Å². The van der Waals surface area contributed by atoms with Crippen LogP contribution in [-0.4, -0.2) is 33.8 Å².